The Balaban J connectivity index is -0.0000000800. The molecule has 0 aliphatic carbocycles. The molecule has 6 heavy (non-hydrogen) atoms. The van der Waals surface area contributed by atoms with Crippen molar-refractivity contribution in [2.24, 2.45) is 0 Å². The smallest absolute Gasteiger partial charge is 0.481 e. The van der Waals surface area contributed by atoms with E-state index in [9.17, 15) is 4.79 Å². The molecule has 2 nitrogen and oxygen atoms in total. The summed E-state index contributed by atoms with van der Waals surface area (Å²) >= 11 is 0. The molecule has 0 heterocycles. The van der Waals surface area contributed by atoms with Crippen molar-refractivity contribution in [1.29, 1.82) is 0 Å². The van der Waals surface area contributed by atoms with Crippen LogP contribution < -0.4 is 0 Å². The molecule has 0 radical (unpaired) electrons. The summed E-state index contributed by atoms with van der Waals surface area (Å²) in [6, 6.07) is 0. The molecule has 3 heteroatoms. The third-order valence-electron chi connectivity index (χ3n) is 0.302. The zero-order valence-electron chi connectivity index (χ0n) is 4.47. The van der Waals surface area contributed by atoms with Gasteiger partial charge in [-0.3, -0.25) is 4.79 Å². The number of hydrogen-bond donors (Lipinski definition) is 1. The second kappa shape index (κ2) is 4.76. The van der Waals surface area contributed by atoms with E-state index < -0.39 is 5.97 Å². The fourth-order valence-electron chi connectivity index (χ4n) is 0. The van der Waals surface area contributed by atoms with Gasteiger partial charge in [-0.1, -0.05) is 6.92 Å². The summed E-state index contributed by atoms with van der Waals surface area (Å²) in [7, 11) is 0. The van der Waals surface area contributed by atoms with Crippen molar-refractivity contribution in [3.8, 4) is 0 Å². The van der Waals surface area contributed by atoms with Crippen molar-refractivity contribution in [3.05, 3.63) is 0 Å². The van der Waals surface area contributed by atoms with Gasteiger partial charge in [-0.15, -0.1) is 12.4 Å². The molecule has 0 aliphatic rings. The summed E-state index contributed by atoms with van der Waals surface area (Å²) in [5.41, 5.74) is 0. The number of halogens is 1. The first-order chi connectivity index (χ1) is 2.27. The van der Waals surface area contributed by atoms with E-state index in [0.717, 1.165) is 0 Å². The standard InChI is InChI=1S/C3H6O2.ClH/c1-2-3(4)5;/h2H2,1H3,(H,4,5);1H/p+1. The highest BCUT2D eigenvalue weighted by atomic mass is 35.5. The minimum atomic E-state index is -0.745. The molecule has 0 atom stereocenters. The highest BCUT2D eigenvalue weighted by Gasteiger charge is 1.80. The molecular weight excluding hydrogens is 103 g/mol. The quantitative estimate of drug-likeness (QED) is 0.549. The molecule has 0 aromatic rings. The Morgan fingerprint density at radius 1 is 2.00 bits per heavy atom. The lowest BCUT2D eigenvalue weighted by atomic mass is 10.5. The largest absolute Gasteiger partial charge is 1.00 e. The van der Waals surface area contributed by atoms with Crippen LogP contribution >= 0.6 is 12.4 Å². The fourth-order valence-corrected chi connectivity index (χ4v) is 0. The first kappa shape index (κ1) is 9.23. The van der Waals surface area contributed by atoms with Crippen LogP contribution in [0.4, 0.5) is 0 Å². The van der Waals surface area contributed by atoms with Crippen LogP contribution in [-0.4, -0.2) is 11.1 Å². The minimum Gasteiger partial charge on any atom is -0.481 e. The molecule has 0 spiro atoms. The second-order valence-electron chi connectivity index (χ2n) is 0.747. The van der Waals surface area contributed by atoms with Gasteiger partial charge in [0, 0.05) is 6.42 Å². The van der Waals surface area contributed by atoms with Crippen molar-refractivity contribution in [2.45, 2.75) is 13.3 Å². The summed E-state index contributed by atoms with van der Waals surface area (Å²) in [6.07, 6.45) is 0.222. The van der Waals surface area contributed by atoms with Gasteiger partial charge in [0.05, 0.1) is 0 Å². The maximum atomic E-state index is 9.37. The number of aliphatic carboxylic acids is 1. The highest BCUT2D eigenvalue weighted by Crippen LogP contribution is 1.67. The molecule has 0 aliphatic heterocycles. The van der Waals surface area contributed by atoms with Gasteiger partial charge in [0.1, 0.15) is 0 Å². The highest BCUT2D eigenvalue weighted by molar-refractivity contribution is 5.85. The SMILES string of the molecule is CCC(=O)O.Cl.[H+]. The Hall–Kier alpha value is -0.240. The van der Waals surface area contributed by atoms with Gasteiger partial charge in [-0.05, 0) is 0 Å². The van der Waals surface area contributed by atoms with Crippen LogP contribution in [0.15, 0.2) is 0 Å². The molecule has 1 N–H and O–H groups in total. The van der Waals surface area contributed by atoms with Gasteiger partial charge >= 0.3 is 7.40 Å². The molecule has 0 aromatic heterocycles. The lowest BCUT2D eigenvalue weighted by Crippen LogP contribution is -1.86. The Morgan fingerprint density at radius 2 is 2.17 bits per heavy atom. The molecule has 0 fully saturated rings. The third kappa shape index (κ3) is 9.25. The van der Waals surface area contributed by atoms with Gasteiger partial charge < -0.3 is 5.11 Å². The van der Waals surface area contributed by atoms with Crippen LogP contribution in [0.2, 0.25) is 0 Å². The van der Waals surface area contributed by atoms with Crippen molar-refractivity contribution in [3.63, 3.8) is 0 Å². The van der Waals surface area contributed by atoms with Crippen LogP contribution in [0.3, 0.4) is 0 Å². The van der Waals surface area contributed by atoms with Gasteiger partial charge in [-0.25, -0.2) is 0 Å². The van der Waals surface area contributed by atoms with E-state index in [1.165, 1.54) is 0 Å². The van der Waals surface area contributed by atoms with Gasteiger partial charge in [-0.2, -0.15) is 0 Å². The number of rotatable bonds is 1. The Bertz CT molecular complexity index is 48.2. The van der Waals surface area contributed by atoms with E-state index in [1.54, 1.807) is 6.92 Å². The van der Waals surface area contributed by atoms with E-state index in [1.807, 2.05) is 0 Å². The van der Waals surface area contributed by atoms with Gasteiger partial charge in [0.2, 0.25) is 0 Å². The lowest BCUT2D eigenvalue weighted by Gasteiger charge is -1.71. The van der Waals surface area contributed by atoms with E-state index in [4.69, 9.17) is 5.11 Å². The van der Waals surface area contributed by atoms with Crippen LogP contribution in [0.1, 0.15) is 14.8 Å². The molecule has 0 amide bonds. The molecule has 0 saturated heterocycles. The van der Waals surface area contributed by atoms with Crippen LogP contribution in [0.5, 0.6) is 0 Å². The summed E-state index contributed by atoms with van der Waals surface area (Å²) in [5, 5.41) is 7.72. The van der Waals surface area contributed by atoms with Crippen molar-refractivity contribution in [2.75, 3.05) is 0 Å². The van der Waals surface area contributed by atoms with Crippen molar-refractivity contribution >= 4 is 18.4 Å². The van der Waals surface area contributed by atoms with Crippen molar-refractivity contribution < 1.29 is 11.3 Å². The summed E-state index contributed by atoms with van der Waals surface area (Å²) in [5.74, 6) is -0.745. The topological polar surface area (TPSA) is 37.3 Å². The molecule has 0 saturated carbocycles. The zero-order chi connectivity index (χ0) is 4.28. The minimum absolute atomic E-state index is 0. The van der Waals surface area contributed by atoms with E-state index in [-0.39, 0.29) is 20.3 Å². The van der Waals surface area contributed by atoms with Crippen LogP contribution in [0.25, 0.3) is 0 Å². The number of carboxylic acid groups (broad SMARTS) is 1. The second-order valence-corrected chi connectivity index (χ2v) is 0.747. The summed E-state index contributed by atoms with van der Waals surface area (Å²) < 4.78 is 0. The zero-order valence-corrected chi connectivity index (χ0v) is 4.29. The van der Waals surface area contributed by atoms with E-state index in [2.05, 4.69) is 0 Å². The first-order valence-corrected chi connectivity index (χ1v) is 1.49. The molecule has 0 rings (SSSR count). The molecule has 38 valence electrons. The predicted molar refractivity (Wildman–Crippen MR) is 26.3 cm³/mol. The Morgan fingerprint density at radius 3 is 2.17 bits per heavy atom. The number of hydrogen-bond acceptors (Lipinski definition) is 1. The van der Waals surface area contributed by atoms with Gasteiger partial charge in [0.25, 0.3) is 0 Å². The number of carbonyl (C=O) groups is 1. The average Bonchev–Trinajstić information content (AvgIpc) is 1.38. The lowest BCUT2D eigenvalue weighted by molar-refractivity contribution is -0.136. The monoisotopic (exact) mass is 111 g/mol. The fraction of sp³-hybridized carbons (Fsp3) is 0.667. The summed E-state index contributed by atoms with van der Waals surface area (Å²) in [6.45, 7) is 1.60. The van der Waals surface area contributed by atoms with E-state index >= 15 is 0 Å². The molecule has 0 bridgehead atoms. The predicted octanol–water partition coefficient (Wildman–Crippen LogP) is 1.02. The van der Waals surface area contributed by atoms with Crippen LogP contribution in [-0.2, 0) is 4.79 Å². The van der Waals surface area contributed by atoms with Gasteiger partial charge in [0.15, 0.2) is 0 Å². The Labute approximate surface area is 44.1 Å². The van der Waals surface area contributed by atoms with E-state index in [0.29, 0.717) is 0 Å². The average molecular weight is 112 g/mol. The maximum absolute atomic E-state index is 9.37. The Kier molecular flexibility index (Phi) is 7.32. The number of carboxylic acids is 1. The normalized spacial score (nSPS) is 6.17. The molecule has 0 unspecified atom stereocenters. The summed E-state index contributed by atoms with van der Waals surface area (Å²) in [4.78, 5) is 9.37. The first-order valence-electron chi connectivity index (χ1n) is 1.49. The van der Waals surface area contributed by atoms with Crippen LogP contribution in [0, 0.1) is 0 Å². The molecular formula is C3H8ClO2+. The van der Waals surface area contributed by atoms with Crippen molar-refractivity contribution in [1.82, 2.24) is 0 Å². The molecule has 0 aromatic carbocycles. The maximum Gasteiger partial charge on any atom is 1.00 e. The third-order valence-corrected chi connectivity index (χ3v) is 0.302.